The molecule has 0 aromatic carbocycles. The van der Waals surface area contributed by atoms with E-state index in [4.69, 9.17) is 0 Å². The molecule has 1 fully saturated rings. The van der Waals surface area contributed by atoms with E-state index in [1.54, 1.807) is 0 Å². The van der Waals surface area contributed by atoms with Crippen LogP contribution in [0.1, 0.15) is 58.8 Å². The smallest absolute Gasteiger partial charge is 0.222 e. The molecular weight excluding hydrogens is 256 g/mol. The molecule has 0 aromatic rings. The van der Waals surface area contributed by atoms with E-state index in [0.717, 1.165) is 12.8 Å². The lowest BCUT2D eigenvalue weighted by molar-refractivity contribution is -0.124. The van der Waals surface area contributed by atoms with Gasteiger partial charge >= 0.3 is 0 Å². The van der Waals surface area contributed by atoms with E-state index in [2.05, 4.69) is 10.6 Å². The Morgan fingerprint density at radius 2 is 1.80 bits per heavy atom. The van der Waals surface area contributed by atoms with E-state index in [9.17, 15) is 14.7 Å². The largest absolute Gasteiger partial charge is 0.392 e. The molecule has 0 aromatic heterocycles. The average molecular weight is 284 g/mol. The fourth-order valence-corrected chi connectivity index (χ4v) is 2.36. The van der Waals surface area contributed by atoms with E-state index in [-0.39, 0.29) is 24.2 Å². The summed E-state index contributed by atoms with van der Waals surface area (Å²) in [6.07, 6.45) is 5.56. The van der Waals surface area contributed by atoms with Gasteiger partial charge in [0.1, 0.15) is 0 Å². The third-order valence-corrected chi connectivity index (χ3v) is 3.81. The van der Waals surface area contributed by atoms with Gasteiger partial charge in [-0.1, -0.05) is 33.1 Å². The summed E-state index contributed by atoms with van der Waals surface area (Å²) >= 11 is 0. The number of aliphatic hydroxyl groups is 1. The predicted molar refractivity (Wildman–Crippen MR) is 78.1 cm³/mol. The van der Waals surface area contributed by atoms with Crippen molar-refractivity contribution in [3.8, 4) is 0 Å². The Morgan fingerprint density at radius 1 is 1.15 bits per heavy atom. The minimum Gasteiger partial charge on any atom is -0.392 e. The normalized spacial score (nSPS) is 17.8. The molecule has 0 spiro atoms. The van der Waals surface area contributed by atoms with Crippen molar-refractivity contribution in [2.24, 2.45) is 5.92 Å². The quantitative estimate of drug-likeness (QED) is 0.660. The molecule has 2 amide bonds. The molecular formula is C15H28N2O3. The Kier molecular flexibility index (Phi) is 7.59. The first-order chi connectivity index (χ1) is 9.49. The van der Waals surface area contributed by atoms with Crippen LogP contribution >= 0.6 is 0 Å². The van der Waals surface area contributed by atoms with Crippen LogP contribution in [0.4, 0.5) is 0 Å². The van der Waals surface area contributed by atoms with Gasteiger partial charge in [0.05, 0.1) is 12.5 Å². The van der Waals surface area contributed by atoms with Crippen molar-refractivity contribution in [3.05, 3.63) is 0 Å². The van der Waals surface area contributed by atoms with Crippen LogP contribution in [-0.4, -0.2) is 35.6 Å². The highest BCUT2D eigenvalue weighted by Crippen LogP contribution is 2.17. The highest BCUT2D eigenvalue weighted by Gasteiger charge is 2.16. The predicted octanol–water partition coefficient (Wildman–Crippen LogP) is 1.35. The van der Waals surface area contributed by atoms with Crippen molar-refractivity contribution in [2.45, 2.75) is 70.9 Å². The second kappa shape index (κ2) is 8.95. The minimum absolute atomic E-state index is 0.00149. The number of aliphatic hydroxyl groups excluding tert-OH is 1. The molecule has 1 saturated carbocycles. The van der Waals surface area contributed by atoms with Gasteiger partial charge in [-0.3, -0.25) is 9.59 Å². The Morgan fingerprint density at radius 3 is 2.40 bits per heavy atom. The molecule has 0 bridgehead atoms. The van der Waals surface area contributed by atoms with Gasteiger partial charge in [-0.15, -0.1) is 0 Å². The molecule has 1 aliphatic carbocycles. The molecule has 0 saturated heterocycles. The summed E-state index contributed by atoms with van der Waals surface area (Å²) in [7, 11) is 0. The van der Waals surface area contributed by atoms with Gasteiger partial charge in [0.25, 0.3) is 0 Å². The van der Waals surface area contributed by atoms with Crippen molar-refractivity contribution in [1.82, 2.24) is 10.6 Å². The molecule has 0 radical (unpaired) electrons. The summed E-state index contributed by atoms with van der Waals surface area (Å²) in [5, 5.41) is 15.3. The highest BCUT2D eigenvalue weighted by atomic mass is 16.3. The number of hydrogen-bond acceptors (Lipinski definition) is 3. The maximum absolute atomic E-state index is 11.7. The summed E-state index contributed by atoms with van der Waals surface area (Å²) in [4.78, 5) is 23.2. The molecule has 5 heteroatoms. The van der Waals surface area contributed by atoms with Gasteiger partial charge in [-0.25, -0.2) is 0 Å². The lowest BCUT2D eigenvalue weighted by Crippen LogP contribution is -2.38. The standard InChI is InChI=1S/C15H28N2O3/c1-11(2)13(18)10-15(20)16-9-8-14(19)17-12-6-4-3-5-7-12/h11-13,18H,3-10H2,1-2H3,(H,16,20)(H,17,19). The SMILES string of the molecule is CC(C)C(O)CC(=O)NCCC(=O)NC1CCCCC1. The van der Waals surface area contributed by atoms with Gasteiger partial charge in [-0.05, 0) is 18.8 Å². The van der Waals surface area contributed by atoms with E-state index < -0.39 is 6.10 Å². The monoisotopic (exact) mass is 284 g/mol. The lowest BCUT2D eigenvalue weighted by Gasteiger charge is -2.22. The Hall–Kier alpha value is -1.10. The van der Waals surface area contributed by atoms with Gasteiger partial charge in [-0.2, -0.15) is 0 Å². The zero-order valence-corrected chi connectivity index (χ0v) is 12.7. The second-order valence-corrected chi connectivity index (χ2v) is 6.02. The van der Waals surface area contributed by atoms with Crippen LogP contribution in [0.15, 0.2) is 0 Å². The van der Waals surface area contributed by atoms with Crippen molar-refractivity contribution in [1.29, 1.82) is 0 Å². The summed E-state index contributed by atoms with van der Waals surface area (Å²) in [5.74, 6) is -0.131. The van der Waals surface area contributed by atoms with Crippen LogP contribution in [-0.2, 0) is 9.59 Å². The second-order valence-electron chi connectivity index (χ2n) is 6.02. The maximum Gasteiger partial charge on any atom is 0.222 e. The van der Waals surface area contributed by atoms with Crippen LogP contribution in [0.3, 0.4) is 0 Å². The zero-order chi connectivity index (χ0) is 15.0. The molecule has 1 atom stereocenters. The van der Waals surface area contributed by atoms with Crippen molar-refractivity contribution in [2.75, 3.05) is 6.54 Å². The lowest BCUT2D eigenvalue weighted by atomic mass is 9.95. The molecule has 0 aliphatic heterocycles. The number of amides is 2. The Balaban J connectivity index is 2.10. The van der Waals surface area contributed by atoms with Crippen LogP contribution in [0.25, 0.3) is 0 Å². The molecule has 116 valence electrons. The first-order valence-electron chi connectivity index (χ1n) is 7.73. The molecule has 1 unspecified atom stereocenters. The number of nitrogens with one attached hydrogen (secondary N) is 2. The summed E-state index contributed by atoms with van der Waals surface area (Å²) in [6.45, 7) is 4.08. The van der Waals surface area contributed by atoms with Gasteiger partial charge in [0, 0.05) is 19.0 Å². The number of carbonyl (C=O) groups is 2. The Labute approximate surface area is 121 Å². The maximum atomic E-state index is 11.7. The summed E-state index contributed by atoms with van der Waals surface area (Å²) in [5.41, 5.74) is 0. The number of hydrogen-bond donors (Lipinski definition) is 3. The van der Waals surface area contributed by atoms with Gasteiger partial charge in [0.2, 0.25) is 11.8 Å². The third-order valence-electron chi connectivity index (χ3n) is 3.81. The zero-order valence-electron chi connectivity index (χ0n) is 12.7. The molecule has 20 heavy (non-hydrogen) atoms. The van der Waals surface area contributed by atoms with Crippen molar-refractivity contribution in [3.63, 3.8) is 0 Å². The van der Waals surface area contributed by atoms with E-state index in [0.29, 0.717) is 19.0 Å². The number of carbonyl (C=O) groups excluding carboxylic acids is 2. The molecule has 3 N–H and O–H groups in total. The summed E-state index contributed by atoms with van der Waals surface area (Å²) < 4.78 is 0. The molecule has 0 heterocycles. The third kappa shape index (κ3) is 6.89. The van der Waals surface area contributed by atoms with Crippen LogP contribution in [0.2, 0.25) is 0 Å². The van der Waals surface area contributed by atoms with E-state index in [1.807, 2.05) is 13.8 Å². The minimum atomic E-state index is -0.619. The average Bonchev–Trinajstić information content (AvgIpc) is 2.39. The summed E-state index contributed by atoms with van der Waals surface area (Å²) in [6, 6.07) is 0.315. The Bertz CT molecular complexity index is 312. The van der Waals surface area contributed by atoms with Crippen LogP contribution < -0.4 is 10.6 Å². The molecule has 5 nitrogen and oxygen atoms in total. The van der Waals surface area contributed by atoms with Crippen molar-refractivity contribution < 1.29 is 14.7 Å². The topological polar surface area (TPSA) is 78.4 Å². The van der Waals surface area contributed by atoms with E-state index >= 15 is 0 Å². The van der Waals surface area contributed by atoms with Crippen molar-refractivity contribution >= 4 is 11.8 Å². The number of rotatable bonds is 7. The fraction of sp³-hybridized carbons (Fsp3) is 0.867. The molecule has 1 aliphatic rings. The first kappa shape index (κ1) is 17.0. The van der Waals surface area contributed by atoms with Gasteiger partial charge < -0.3 is 15.7 Å². The first-order valence-corrected chi connectivity index (χ1v) is 7.73. The van der Waals surface area contributed by atoms with Gasteiger partial charge in [0.15, 0.2) is 0 Å². The van der Waals surface area contributed by atoms with Crippen LogP contribution in [0.5, 0.6) is 0 Å². The highest BCUT2D eigenvalue weighted by molar-refractivity contribution is 5.79. The molecule has 1 rings (SSSR count). The van der Waals surface area contributed by atoms with Crippen LogP contribution in [0, 0.1) is 5.92 Å². The van der Waals surface area contributed by atoms with E-state index in [1.165, 1.54) is 19.3 Å². The fourth-order valence-electron chi connectivity index (χ4n) is 2.36.